The first kappa shape index (κ1) is 30.9. The number of hydrogen-bond donors (Lipinski definition) is 1. The van der Waals surface area contributed by atoms with Crippen molar-refractivity contribution >= 4 is 29.4 Å². The smallest absolute Gasteiger partial charge is 0.328 e. The van der Waals surface area contributed by atoms with Crippen LogP contribution in [0.15, 0.2) is 48.5 Å². The number of esters is 1. The highest BCUT2D eigenvalue weighted by Crippen LogP contribution is 2.28. The zero-order chi connectivity index (χ0) is 30.2. The fraction of sp³-hybridized carbons (Fsp3) is 0.500. The van der Waals surface area contributed by atoms with Gasteiger partial charge in [0.05, 0.1) is 20.8 Å². The highest BCUT2D eigenvalue weighted by molar-refractivity contribution is 5.96. The Hall–Kier alpha value is -4.08. The lowest BCUT2D eigenvalue weighted by atomic mass is 9.87. The van der Waals surface area contributed by atoms with Crippen LogP contribution >= 0.6 is 0 Å². The fourth-order valence-electron chi connectivity index (χ4n) is 5.73. The van der Waals surface area contributed by atoms with Crippen LogP contribution < -0.4 is 15.0 Å². The molecule has 1 saturated heterocycles. The Bertz CT molecular complexity index is 1240. The van der Waals surface area contributed by atoms with Gasteiger partial charge >= 0.3 is 5.97 Å². The number of carbonyl (C=O) groups is 4. The Balaban J connectivity index is 1.55. The Labute approximate surface area is 247 Å². The summed E-state index contributed by atoms with van der Waals surface area (Å²) in [6, 6.07) is 12.6. The second-order valence-corrected chi connectivity index (χ2v) is 11.2. The average Bonchev–Trinajstić information content (AvgIpc) is 3.03. The molecule has 0 bridgehead atoms. The van der Waals surface area contributed by atoms with Crippen molar-refractivity contribution in [2.75, 3.05) is 52.8 Å². The molecule has 1 N–H and O–H groups in total. The molecule has 2 aliphatic rings. The van der Waals surface area contributed by atoms with E-state index in [1.54, 1.807) is 41.2 Å². The van der Waals surface area contributed by atoms with Crippen LogP contribution in [0.25, 0.3) is 0 Å². The quantitative estimate of drug-likeness (QED) is 0.456. The largest absolute Gasteiger partial charge is 0.497 e. The lowest BCUT2D eigenvalue weighted by Crippen LogP contribution is -2.63. The summed E-state index contributed by atoms with van der Waals surface area (Å²) in [5, 5.41) is 2.84. The molecule has 0 spiro atoms. The van der Waals surface area contributed by atoms with Gasteiger partial charge in [-0.25, -0.2) is 4.79 Å². The summed E-state index contributed by atoms with van der Waals surface area (Å²) < 4.78 is 10.2. The zero-order valence-electron chi connectivity index (χ0n) is 25.0. The number of ether oxygens (including phenoxy) is 2. The second-order valence-electron chi connectivity index (χ2n) is 11.2. The Morgan fingerprint density at radius 3 is 2.19 bits per heavy atom. The molecule has 0 aromatic heterocycles. The Morgan fingerprint density at radius 1 is 0.929 bits per heavy atom. The summed E-state index contributed by atoms with van der Waals surface area (Å²) >= 11 is 0. The predicted molar refractivity (Wildman–Crippen MR) is 159 cm³/mol. The Morgan fingerprint density at radius 2 is 1.60 bits per heavy atom. The lowest BCUT2D eigenvalue weighted by molar-refractivity contribution is -0.150. The second kappa shape index (κ2) is 14.2. The maximum absolute atomic E-state index is 13.9. The maximum Gasteiger partial charge on any atom is 0.328 e. The molecule has 1 saturated carbocycles. The number of benzene rings is 2. The van der Waals surface area contributed by atoms with E-state index in [1.165, 1.54) is 7.11 Å². The standard InChI is InChI=1S/C32H42N4O6/c1-34(2)25-14-12-24(13-15-25)30(38)35-18-19-36(31(39)23-8-6-5-7-9-23)28(21-35)29(37)33-27(32(40)42-4)20-22-10-16-26(41-3)17-11-22/h10-17,23,27-28H,5-9,18-21H2,1-4H3,(H,33,37). The molecule has 4 rings (SSSR count). The van der Waals surface area contributed by atoms with Crippen molar-refractivity contribution in [3.8, 4) is 5.75 Å². The van der Waals surface area contributed by atoms with E-state index in [2.05, 4.69) is 5.32 Å². The number of piperazine rings is 1. The number of nitrogens with one attached hydrogen (secondary N) is 1. The Kier molecular flexibility index (Phi) is 10.4. The molecule has 1 aliphatic carbocycles. The zero-order valence-corrected chi connectivity index (χ0v) is 25.0. The van der Waals surface area contributed by atoms with Crippen LogP contribution in [0.5, 0.6) is 5.75 Å². The summed E-state index contributed by atoms with van der Waals surface area (Å²) in [6.45, 7) is 0.605. The third kappa shape index (κ3) is 7.40. The van der Waals surface area contributed by atoms with Gasteiger partial charge in [-0.1, -0.05) is 31.4 Å². The third-order valence-electron chi connectivity index (χ3n) is 8.24. The SMILES string of the molecule is COC(=O)C(Cc1ccc(OC)cc1)NC(=O)C1CN(C(=O)c2ccc(N(C)C)cc2)CCN1C(=O)C1CCCCC1. The van der Waals surface area contributed by atoms with Gasteiger partial charge in [-0.15, -0.1) is 0 Å². The maximum atomic E-state index is 13.9. The van der Waals surface area contributed by atoms with Crippen molar-refractivity contribution in [2.45, 2.75) is 50.6 Å². The molecule has 42 heavy (non-hydrogen) atoms. The minimum atomic E-state index is -0.966. The van der Waals surface area contributed by atoms with E-state index in [9.17, 15) is 19.2 Å². The van der Waals surface area contributed by atoms with Crippen molar-refractivity contribution in [1.29, 1.82) is 0 Å². The van der Waals surface area contributed by atoms with Crippen LogP contribution in [0.4, 0.5) is 5.69 Å². The van der Waals surface area contributed by atoms with Crippen LogP contribution in [-0.4, -0.2) is 93.5 Å². The van der Waals surface area contributed by atoms with E-state index in [4.69, 9.17) is 9.47 Å². The molecular weight excluding hydrogens is 536 g/mol. The van der Waals surface area contributed by atoms with Gasteiger partial charge in [0.15, 0.2) is 0 Å². The van der Waals surface area contributed by atoms with Crippen molar-refractivity contribution in [1.82, 2.24) is 15.1 Å². The molecule has 10 nitrogen and oxygen atoms in total. The van der Waals surface area contributed by atoms with Crippen LogP contribution in [-0.2, 0) is 25.5 Å². The number of hydrogen-bond acceptors (Lipinski definition) is 7. The van der Waals surface area contributed by atoms with E-state index in [-0.39, 0.29) is 37.2 Å². The normalized spacial score (nSPS) is 18.1. The number of rotatable bonds is 9. The van der Waals surface area contributed by atoms with Crippen LogP contribution in [0, 0.1) is 5.92 Å². The van der Waals surface area contributed by atoms with Gasteiger partial charge in [0.1, 0.15) is 17.8 Å². The molecule has 2 unspecified atom stereocenters. The molecule has 2 fully saturated rings. The summed E-state index contributed by atoms with van der Waals surface area (Å²) in [4.78, 5) is 59.0. The topological polar surface area (TPSA) is 108 Å². The number of carbonyl (C=O) groups excluding carboxylic acids is 4. The van der Waals surface area contributed by atoms with Gasteiger partial charge in [-0.3, -0.25) is 14.4 Å². The summed E-state index contributed by atoms with van der Waals surface area (Å²) in [7, 11) is 6.71. The molecular formula is C32H42N4O6. The van der Waals surface area contributed by atoms with Gasteiger partial charge in [0.2, 0.25) is 11.8 Å². The summed E-state index contributed by atoms with van der Waals surface area (Å²) in [6.07, 6.45) is 4.88. The monoisotopic (exact) mass is 578 g/mol. The first-order valence-electron chi connectivity index (χ1n) is 14.6. The molecule has 3 amide bonds. The molecule has 2 aromatic carbocycles. The van der Waals surface area contributed by atoms with E-state index in [0.717, 1.165) is 43.4 Å². The molecule has 2 atom stereocenters. The van der Waals surface area contributed by atoms with Gasteiger partial charge in [-0.05, 0) is 54.8 Å². The molecule has 226 valence electrons. The van der Waals surface area contributed by atoms with E-state index in [0.29, 0.717) is 17.9 Å². The van der Waals surface area contributed by atoms with Gasteiger partial charge in [0, 0.05) is 50.8 Å². The predicted octanol–water partition coefficient (Wildman–Crippen LogP) is 2.90. The van der Waals surface area contributed by atoms with Crippen molar-refractivity contribution in [3.05, 3.63) is 59.7 Å². The van der Waals surface area contributed by atoms with Gasteiger partial charge in [0.25, 0.3) is 5.91 Å². The third-order valence-corrected chi connectivity index (χ3v) is 8.24. The highest BCUT2D eigenvalue weighted by atomic mass is 16.5. The molecule has 1 heterocycles. The lowest BCUT2D eigenvalue weighted by Gasteiger charge is -2.42. The average molecular weight is 579 g/mol. The minimum Gasteiger partial charge on any atom is -0.497 e. The number of anilines is 1. The van der Waals surface area contributed by atoms with Crippen molar-refractivity contribution in [3.63, 3.8) is 0 Å². The summed E-state index contributed by atoms with van der Waals surface area (Å²) in [5.41, 5.74) is 2.29. The molecule has 1 aliphatic heterocycles. The number of methoxy groups -OCH3 is 2. The van der Waals surface area contributed by atoms with Crippen LogP contribution in [0.3, 0.4) is 0 Å². The molecule has 2 aromatic rings. The van der Waals surface area contributed by atoms with Gasteiger partial charge in [-0.2, -0.15) is 0 Å². The van der Waals surface area contributed by atoms with E-state index in [1.807, 2.05) is 43.3 Å². The summed E-state index contributed by atoms with van der Waals surface area (Å²) in [5.74, 6) is -0.784. The first-order chi connectivity index (χ1) is 20.2. The van der Waals surface area contributed by atoms with Crippen molar-refractivity contribution in [2.24, 2.45) is 5.92 Å². The van der Waals surface area contributed by atoms with E-state index < -0.39 is 24.0 Å². The van der Waals surface area contributed by atoms with Crippen LogP contribution in [0.1, 0.15) is 48.0 Å². The van der Waals surface area contributed by atoms with Gasteiger partial charge < -0.3 is 29.5 Å². The minimum absolute atomic E-state index is 0.0367. The number of amides is 3. The molecule has 10 heteroatoms. The number of nitrogens with zero attached hydrogens (tertiary/aromatic N) is 3. The molecule has 0 radical (unpaired) electrons. The van der Waals surface area contributed by atoms with E-state index >= 15 is 0 Å². The van der Waals surface area contributed by atoms with Crippen molar-refractivity contribution < 1.29 is 28.7 Å². The fourth-order valence-corrected chi connectivity index (χ4v) is 5.73. The first-order valence-corrected chi connectivity index (χ1v) is 14.6. The highest BCUT2D eigenvalue weighted by Gasteiger charge is 2.40. The van der Waals surface area contributed by atoms with Crippen LogP contribution in [0.2, 0.25) is 0 Å².